The minimum Gasteiger partial charge on any atom is -0.499 e. The summed E-state index contributed by atoms with van der Waals surface area (Å²) >= 11 is 1.56. The van der Waals surface area contributed by atoms with Gasteiger partial charge in [-0.2, -0.15) is 0 Å². The molecule has 2 rings (SSSR count). The summed E-state index contributed by atoms with van der Waals surface area (Å²) in [5.74, 6) is 0.768. The Labute approximate surface area is 89.8 Å². The molecule has 1 aromatic rings. The van der Waals surface area contributed by atoms with E-state index in [1.807, 2.05) is 6.07 Å². The molecule has 0 radical (unpaired) electrons. The highest BCUT2D eigenvalue weighted by atomic mass is 32.1. The van der Waals surface area contributed by atoms with E-state index in [9.17, 15) is 5.11 Å². The van der Waals surface area contributed by atoms with Crippen molar-refractivity contribution >= 4 is 11.3 Å². The molecule has 0 aromatic carbocycles. The van der Waals surface area contributed by atoms with E-state index in [2.05, 4.69) is 20.8 Å². The van der Waals surface area contributed by atoms with Gasteiger partial charge in [0.2, 0.25) is 0 Å². The number of hydrogen-bond acceptors (Lipinski definition) is 2. The van der Waals surface area contributed by atoms with Gasteiger partial charge in [-0.1, -0.05) is 20.8 Å². The van der Waals surface area contributed by atoms with E-state index < -0.39 is 0 Å². The number of aryl methyl sites for hydroxylation is 1. The highest BCUT2D eigenvalue weighted by molar-refractivity contribution is 7.13. The maximum Gasteiger partial charge on any atom is 0.171 e. The number of rotatable bonds is 0. The topological polar surface area (TPSA) is 20.2 Å². The van der Waals surface area contributed by atoms with Crippen molar-refractivity contribution in [2.45, 2.75) is 40.0 Å². The Kier molecular flexibility index (Phi) is 2.34. The summed E-state index contributed by atoms with van der Waals surface area (Å²) in [5, 5.41) is 9.92. The van der Waals surface area contributed by atoms with Crippen molar-refractivity contribution in [1.29, 1.82) is 0 Å². The molecule has 0 saturated heterocycles. The maximum absolute atomic E-state index is 9.43. The first-order valence-corrected chi connectivity index (χ1v) is 6.09. The first-order chi connectivity index (χ1) is 6.47. The van der Waals surface area contributed by atoms with E-state index in [0.29, 0.717) is 10.5 Å². The Hall–Kier alpha value is -0.500. The molecule has 2 heteroatoms. The summed E-state index contributed by atoms with van der Waals surface area (Å²) in [7, 11) is 0. The molecule has 1 heterocycles. The summed E-state index contributed by atoms with van der Waals surface area (Å²) in [6.07, 6.45) is 3.58. The Morgan fingerprint density at radius 2 is 2.14 bits per heavy atom. The van der Waals surface area contributed by atoms with Crippen LogP contribution >= 0.6 is 11.3 Å². The van der Waals surface area contributed by atoms with E-state index in [0.717, 1.165) is 18.8 Å². The fourth-order valence-corrected chi connectivity index (χ4v) is 3.19. The van der Waals surface area contributed by atoms with Crippen LogP contribution in [0.25, 0.3) is 0 Å². The average Bonchev–Trinajstić information content (AvgIpc) is 2.41. The van der Waals surface area contributed by atoms with E-state index in [-0.39, 0.29) is 0 Å². The van der Waals surface area contributed by atoms with Gasteiger partial charge >= 0.3 is 0 Å². The van der Waals surface area contributed by atoms with Gasteiger partial charge in [-0.25, -0.2) is 0 Å². The number of aromatic hydroxyl groups is 1. The number of hydrogen-bond donors (Lipinski definition) is 1. The zero-order valence-corrected chi connectivity index (χ0v) is 9.95. The molecule has 1 unspecified atom stereocenters. The third-order valence-corrected chi connectivity index (χ3v) is 4.33. The van der Waals surface area contributed by atoms with Crippen LogP contribution in [0.4, 0.5) is 0 Å². The first-order valence-electron chi connectivity index (χ1n) is 5.27. The van der Waals surface area contributed by atoms with Crippen LogP contribution in [-0.2, 0) is 12.8 Å². The molecule has 0 amide bonds. The minimum absolute atomic E-state index is 0.398. The van der Waals surface area contributed by atoms with Crippen molar-refractivity contribution in [2.24, 2.45) is 11.3 Å². The van der Waals surface area contributed by atoms with Crippen molar-refractivity contribution < 1.29 is 5.11 Å². The molecule has 1 N–H and O–H groups in total. The molecule has 1 nitrogen and oxygen atoms in total. The molecular formula is C12H18OS. The summed E-state index contributed by atoms with van der Waals surface area (Å²) in [5.41, 5.74) is 1.79. The molecule has 0 aliphatic heterocycles. The SMILES string of the molecule is CC(C)(C)C1CCc2sc(O)cc2C1. The maximum atomic E-state index is 9.43. The van der Waals surface area contributed by atoms with E-state index in [1.165, 1.54) is 16.9 Å². The van der Waals surface area contributed by atoms with Gasteiger partial charge in [0.15, 0.2) is 5.06 Å². The summed E-state index contributed by atoms with van der Waals surface area (Å²) < 4.78 is 0. The summed E-state index contributed by atoms with van der Waals surface area (Å²) in [6, 6.07) is 1.96. The Balaban J connectivity index is 2.21. The number of fused-ring (bicyclic) bond motifs is 1. The lowest BCUT2D eigenvalue weighted by molar-refractivity contribution is 0.217. The molecule has 0 fully saturated rings. The van der Waals surface area contributed by atoms with Gasteiger partial charge in [0, 0.05) is 4.88 Å². The largest absolute Gasteiger partial charge is 0.499 e. The molecule has 0 bridgehead atoms. The lowest BCUT2D eigenvalue weighted by Gasteiger charge is -2.33. The molecule has 1 aliphatic rings. The molecular weight excluding hydrogens is 192 g/mol. The zero-order valence-electron chi connectivity index (χ0n) is 9.13. The van der Waals surface area contributed by atoms with Gasteiger partial charge in [0.05, 0.1) is 0 Å². The number of thiophene rings is 1. The third-order valence-electron chi connectivity index (χ3n) is 3.29. The van der Waals surface area contributed by atoms with Gasteiger partial charge < -0.3 is 5.11 Å². The van der Waals surface area contributed by atoms with Crippen LogP contribution < -0.4 is 0 Å². The molecule has 1 aliphatic carbocycles. The van der Waals surface area contributed by atoms with E-state index in [4.69, 9.17) is 0 Å². The van der Waals surface area contributed by atoms with Crippen LogP contribution in [0.3, 0.4) is 0 Å². The van der Waals surface area contributed by atoms with Crippen LogP contribution in [0.5, 0.6) is 5.06 Å². The quantitative estimate of drug-likeness (QED) is 0.693. The standard InChI is InChI=1S/C12H18OS/c1-12(2,3)9-4-5-10-8(6-9)7-11(13)14-10/h7,9,13H,4-6H2,1-3H3. The van der Waals surface area contributed by atoms with E-state index in [1.54, 1.807) is 11.3 Å². The molecule has 78 valence electrons. The smallest absolute Gasteiger partial charge is 0.171 e. The second-order valence-corrected chi connectivity index (χ2v) is 6.45. The van der Waals surface area contributed by atoms with Crippen molar-refractivity contribution in [1.82, 2.24) is 0 Å². The van der Waals surface area contributed by atoms with Gasteiger partial charge in [-0.15, -0.1) is 11.3 Å². The van der Waals surface area contributed by atoms with Gasteiger partial charge in [-0.3, -0.25) is 0 Å². The van der Waals surface area contributed by atoms with Crippen LogP contribution in [0.15, 0.2) is 6.07 Å². The Morgan fingerprint density at radius 3 is 2.79 bits per heavy atom. The Morgan fingerprint density at radius 1 is 1.43 bits per heavy atom. The average molecular weight is 210 g/mol. The second-order valence-electron chi connectivity index (χ2n) is 5.34. The normalized spacial score (nSPS) is 22.1. The fourth-order valence-electron chi connectivity index (χ4n) is 2.25. The highest BCUT2D eigenvalue weighted by Crippen LogP contribution is 2.41. The zero-order chi connectivity index (χ0) is 10.3. The molecule has 0 spiro atoms. The molecule has 0 saturated carbocycles. The molecule has 1 atom stereocenters. The van der Waals surface area contributed by atoms with Gasteiger partial charge in [0.1, 0.15) is 0 Å². The van der Waals surface area contributed by atoms with Gasteiger partial charge in [0.25, 0.3) is 0 Å². The lowest BCUT2D eigenvalue weighted by atomic mass is 9.72. The summed E-state index contributed by atoms with van der Waals surface area (Å²) in [4.78, 5) is 1.41. The predicted molar refractivity (Wildman–Crippen MR) is 61.0 cm³/mol. The lowest BCUT2D eigenvalue weighted by Crippen LogP contribution is -2.26. The van der Waals surface area contributed by atoms with Crippen molar-refractivity contribution in [3.8, 4) is 5.06 Å². The highest BCUT2D eigenvalue weighted by Gasteiger charge is 2.29. The minimum atomic E-state index is 0.398. The van der Waals surface area contributed by atoms with Crippen molar-refractivity contribution in [2.75, 3.05) is 0 Å². The summed E-state index contributed by atoms with van der Waals surface area (Å²) in [6.45, 7) is 6.94. The fraction of sp³-hybridized carbons (Fsp3) is 0.667. The molecule has 1 aromatic heterocycles. The Bertz CT molecular complexity index is 333. The van der Waals surface area contributed by atoms with Crippen LogP contribution in [-0.4, -0.2) is 5.11 Å². The van der Waals surface area contributed by atoms with Gasteiger partial charge in [-0.05, 0) is 42.2 Å². The van der Waals surface area contributed by atoms with E-state index >= 15 is 0 Å². The van der Waals surface area contributed by atoms with Crippen molar-refractivity contribution in [3.05, 3.63) is 16.5 Å². The predicted octanol–water partition coefficient (Wildman–Crippen LogP) is 3.60. The van der Waals surface area contributed by atoms with Crippen LogP contribution in [0, 0.1) is 11.3 Å². The molecule has 14 heavy (non-hydrogen) atoms. The van der Waals surface area contributed by atoms with Crippen LogP contribution in [0.2, 0.25) is 0 Å². The second kappa shape index (κ2) is 3.27. The third kappa shape index (κ3) is 1.81. The van der Waals surface area contributed by atoms with Crippen LogP contribution in [0.1, 0.15) is 37.6 Å². The van der Waals surface area contributed by atoms with Crippen molar-refractivity contribution in [3.63, 3.8) is 0 Å². The first kappa shape index (κ1) is 10.0. The monoisotopic (exact) mass is 210 g/mol.